The van der Waals surface area contributed by atoms with Gasteiger partial charge in [0.1, 0.15) is 19.3 Å². The quantitative estimate of drug-likeness (QED) is 0.0222. The van der Waals surface area contributed by atoms with Crippen molar-refractivity contribution in [1.29, 1.82) is 0 Å². The first-order valence-corrected chi connectivity index (χ1v) is 49.0. The first-order chi connectivity index (χ1) is 52.4. The van der Waals surface area contributed by atoms with Gasteiger partial charge in [0.2, 0.25) is 0 Å². The summed E-state index contributed by atoms with van der Waals surface area (Å²) < 4.78 is 68.9. The van der Waals surface area contributed by atoms with E-state index in [-0.39, 0.29) is 25.7 Å². The molecule has 0 aromatic rings. The maximum atomic E-state index is 13.2. The number of rotatable bonds is 88. The van der Waals surface area contributed by atoms with Gasteiger partial charge in [0, 0.05) is 25.7 Å². The van der Waals surface area contributed by atoms with Crippen molar-refractivity contribution in [2.75, 3.05) is 39.6 Å². The Kier molecular flexibility index (Phi) is 78.8. The van der Waals surface area contributed by atoms with E-state index in [1.807, 2.05) is 0 Å². The number of hydrogen-bond donors (Lipinski definition) is 3. The minimum atomic E-state index is -4.97. The summed E-state index contributed by atoms with van der Waals surface area (Å²) in [5, 5.41) is 10.7. The van der Waals surface area contributed by atoms with Crippen LogP contribution < -0.4 is 0 Å². The molecule has 3 unspecified atom stereocenters. The van der Waals surface area contributed by atoms with Crippen LogP contribution in [0.5, 0.6) is 0 Å². The summed E-state index contributed by atoms with van der Waals surface area (Å²) in [6.07, 6.45) is 73.8. The van der Waals surface area contributed by atoms with Crippen molar-refractivity contribution < 1.29 is 80.2 Å². The maximum absolute atomic E-state index is 13.2. The van der Waals surface area contributed by atoms with Gasteiger partial charge in [-0.25, -0.2) is 9.13 Å². The molecule has 108 heavy (non-hydrogen) atoms. The predicted molar refractivity (Wildman–Crippen MR) is 446 cm³/mol. The minimum absolute atomic E-state index is 0.108. The van der Waals surface area contributed by atoms with Gasteiger partial charge in [-0.1, -0.05) is 427 Å². The van der Waals surface area contributed by atoms with Crippen LogP contribution >= 0.6 is 15.6 Å². The van der Waals surface area contributed by atoms with Crippen molar-refractivity contribution >= 4 is 39.5 Å². The highest BCUT2D eigenvalue weighted by atomic mass is 31.2. The minimum Gasteiger partial charge on any atom is -0.462 e. The number of ether oxygens (including phenoxy) is 4. The van der Waals surface area contributed by atoms with Gasteiger partial charge in [0.05, 0.1) is 26.4 Å². The Morgan fingerprint density at radius 2 is 0.472 bits per heavy atom. The fraction of sp³-hybridized carbons (Fsp3) is 0.955. The van der Waals surface area contributed by atoms with E-state index in [1.54, 1.807) is 0 Å². The molecule has 0 aliphatic rings. The van der Waals surface area contributed by atoms with Gasteiger partial charge in [-0.2, -0.15) is 0 Å². The molecule has 3 N–H and O–H groups in total. The molecule has 0 aromatic carbocycles. The second-order valence-electron chi connectivity index (χ2n) is 32.7. The number of phosphoric ester groups is 2. The van der Waals surface area contributed by atoms with Crippen LogP contribution in [0.15, 0.2) is 0 Å². The first kappa shape index (κ1) is 106. The molecule has 0 aromatic heterocycles. The number of unbranched alkanes of at least 4 members (excludes halogenated alkanes) is 57. The molecular weight excluding hydrogens is 1400 g/mol. The fourth-order valence-electron chi connectivity index (χ4n) is 13.9. The fourth-order valence-corrected chi connectivity index (χ4v) is 15.5. The second-order valence-corrected chi connectivity index (χ2v) is 35.6. The molecule has 642 valence electrons. The molecule has 0 fully saturated rings. The van der Waals surface area contributed by atoms with Crippen molar-refractivity contribution in [3.8, 4) is 0 Å². The Balaban J connectivity index is 5.18. The summed E-state index contributed by atoms with van der Waals surface area (Å²) in [5.74, 6) is -0.435. The third-order valence-electron chi connectivity index (χ3n) is 21.3. The molecule has 0 rings (SSSR count). The molecule has 19 heteroatoms. The summed E-state index contributed by atoms with van der Waals surface area (Å²) in [7, 11) is -9.93. The molecule has 0 aliphatic heterocycles. The Morgan fingerprint density at radius 1 is 0.269 bits per heavy atom. The number of phosphoric acid groups is 2. The zero-order valence-electron chi connectivity index (χ0n) is 71.2. The molecular formula is C89H174O17P2. The molecule has 0 heterocycles. The third kappa shape index (κ3) is 80.7. The Bertz CT molecular complexity index is 2070. The highest BCUT2D eigenvalue weighted by Gasteiger charge is 2.31. The smallest absolute Gasteiger partial charge is 0.462 e. The average Bonchev–Trinajstić information content (AvgIpc) is 0.900. The molecule has 0 saturated heterocycles. The Labute approximate surface area is 664 Å². The van der Waals surface area contributed by atoms with Crippen molar-refractivity contribution in [3.63, 3.8) is 0 Å². The van der Waals surface area contributed by atoms with Crippen molar-refractivity contribution in [1.82, 2.24) is 0 Å². The van der Waals surface area contributed by atoms with E-state index in [9.17, 15) is 43.2 Å². The van der Waals surface area contributed by atoms with Crippen LogP contribution in [-0.4, -0.2) is 96.7 Å². The van der Waals surface area contributed by atoms with E-state index in [0.29, 0.717) is 25.7 Å². The van der Waals surface area contributed by atoms with E-state index >= 15 is 0 Å². The van der Waals surface area contributed by atoms with Crippen LogP contribution in [0.4, 0.5) is 0 Å². The van der Waals surface area contributed by atoms with Crippen LogP contribution in [0.1, 0.15) is 478 Å². The molecule has 0 spiro atoms. The average molecular weight is 1580 g/mol. The van der Waals surface area contributed by atoms with E-state index < -0.39 is 97.5 Å². The van der Waals surface area contributed by atoms with E-state index in [0.717, 1.165) is 108 Å². The highest BCUT2D eigenvalue weighted by molar-refractivity contribution is 7.47. The topological polar surface area (TPSA) is 237 Å². The lowest BCUT2D eigenvalue weighted by atomic mass is 9.99. The third-order valence-corrected chi connectivity index (χ3v) is 23.2. The molecule has 0 bridgehead atoms. The van der Waals surface area contributed by atoms with Crippen LogP contribution in [0, 0.1) is 11.8 Å². The number of carbonyl (C=O) groups is 4. The summed E-state index contributed by atoms with van der Waals surface area (Å²) in [6, 6.07) is 0. The van der Waals surface area contributed by atoms with Crippen molar-refractivity contribution in [2.45, 2.75) is 496 Å². The van der Waals surface area contributed by atoms with E-state index in [4.69, 9.17) is 37.0 Å². The van der Waals surface area contributed by atoms with Gasteiger partial charge in [0.15, 0.2) is 12.2 Å². The predicted octanol–water partition coefficient (Wildman–Crippen LogP) is 27.4. The highest BCUT2D eigenvalue weighted by Crippen LogP contribution is 2.45. The van der Waals surface area contributed by atoms with Gasteiger partial charge in [0.25, 0.3) is 0 Å². The number of aliphatic hydroxyl groups is 1. The normalized spacial score (nSPS) is 14.0. The standard InChI is InChI=1S/C89H174O17P2/c1-7-10-12-14-16-18-19-20-21-22-23-24-25-29-32-38-43-48-54-60-66-72-87(92)100-78-85(106-89(94)73-67-61-55-49-44-39-33-30-27-26-28-31-36-41-46-51-57-63-69-81(4)5)80-104-108(97,98)102-76-83(90)75-101-107(95,96)103-79-84(77-99-86(91)71-65-59-53-17-15-13-11-8-2)105-88(93)74-68-62-56-50-45-40-35-34-37-42-47-52-58-64-70-82(6)9-3/h81-85,90H,7-80H2,1-6H3,(H,95,96)(H,97,98)/t82?,83-,84+,85+/m0/s1. The summed E-state index contributed by atoms with van der Waals surface area (Å²) in [4.78, 5) is 73.2. The molecule has 0 radical (unpaired) electrons. The van der Waals surface area contributed by atoms with Gasteiger partial charge in [-0.3, -0.25) is 37.3 Å². The van der Waals surface area contributed by atoms with Gasteiger partial charge >= 0.3 is 39.5 Å². The monoisotopic (exact) mass is 1580 g/mol. The van der Waals surface area contributed by atoms with Gasteiger partial charge in [-0.15, -0.1) is 0 Å². The Morgan fingerprint density at radius 3 is 0.704 bits per heavy atom. The number of aliphatic hydroxyl groups excluding tert-OH is 1. The largest absolute Gasteiger partial charge is 0.472 e. The lowest BCUT2D eigenvalue weighted by Gasteiger charge is -2.21. The summed E-state index contributed by atoms with van der Waals surface area (Å²) in [6.45, 7) is 9.75. The summed E-state index contributed by atoms with van der Waals surface area (Å²) >= 11 is 0. The van der Waals surface area contributed by atoms with Gasteiger partial charge < -0.3 is 33.8 Å². The molecule has 17 nitrogen and oxygen atoms in total. The SMILES string of the molecule is CCCCCCCCCCCCCCCCCCCCCCCC(=O)OC[C@H](COP(=O)(O)OC[C@@H](O)COP(=O)(O)OC[C@@H](COC(=O)CCCCCCCCCC)OC(=O)CCCCCCCCCCCCCCCCC(C)CC)OC(=O)CCCCCCCCCCCCCCCCCCCCC(C)C. The first-order valence-electron chi connectivity index (χ1n) is 46.0. The molecule has 0 amide bonds. The van der Waals surface area contributed by atoms with Crippen molar-refractivity contribution in [3.05, 3.63) is 0 Å². The van der Waals surface area contributed by atoms with Crippen LogP contribution in [-0.2, 0) is 65.4 Å². The summed E-state index contributed by atoms with van der Waals surface area (Å²) in [5.41, 5.74) is 0. The van der Waals surface area contributed by atoms with Crippen molar-refractivity contribution in [2.24, 2.45) is 11.8 Å². The number of carbonyl (C=O) groups excluding carboxylic acids is 4. The Hall–Kier alpha value is -1.94. The number of esters is 4. The molecule has 0 aliphatic carbocycles. The zero-order valence-corrected chi connectivity index (χ0v) is 73.0. The lowest BCUT2D eigenvalue weighted by Crippen LogP contribution is -2.30. The van der Waals surface area contributed by atoms with Crippen LogP contribution in [0.3, 0.4) is 0 Å². The molecule has 6 atom stereocenters. The molecule has 0 saturated carbocycles. The lowest BCUT2D eigenvalue weighted by molar-refractivity contribution is -0.161. The van der Waals surface area contributed by atoms with E-state index in [2.05, 4.69) is 41.5 Å². The number of hydrogen-bond acceptors (Lipinski definition) is 15. The second kappa shape index (κ2) is 80.3. The zero-order chi connectivity index (χ0) is 79.2. The van der Waals surface area contributed by atoms with Crippen LogP contribution in [0.25, 0.3) is 0 Å². The maximum Gasteiger partial charge on any atom is 0.472 e. The van der Waals surface area contributed by atoms with Gasteiger partial charge in [-0.05, 0) is 37.5 Å². The van der Waals surface area contributed by atoms with E-state index in [1.165, 1.54) is 289 Å². The van der Waals surface area contributed by atoms with Crippen LogP contribution in [0.2, 0.25) is 0 Å².